The van der Waals surface area contributed by atoms with E-state index in [1.165, 1.54) is 0 Å². The number of benzene rings is 1. The van der Waals surface area contributed by atoms with Crippen molar-refractivity contribution in [2.45, 2.75) is 13.8 Å². The molecule has 1 aromatic heterocycles. The number of aryl methyl sites for hydroxylation is 2. The third kappa shape index (κ3) is 3.03. The standard InChI is InChI=1S/C14H12Cl2N2OS/c1-7-6-8(2)17-14(20)11(7)13(19)18-12-9(15)4-3-5-10(12)16/h3-6H,1-2H3,(H,17,20)(H,18,19). The Morgan fingerprint density at radius 1 is 1.25 bits per heavy atom. The molecule has 0 saturated carbocycles. The van der Waals surface area contributed by atoms with E-state index in [0.717, 1.165) is 11.3 Å². The Morgan fingerprint density at radius 2 is 1.85 bits per heavy atom. The molecule has 104 valence electrons. The molecule has 2 rings (SSSR count). The lowest BCUT2D eigenvalue weighted by atomic mass is 10.1. The molecule has 2 N–H and O–H groups in total. The van der Waals surface area contributed by atoms with Gasteiger partial charge in [-0.1, -0.05) is 41.5 Å². The van der Waals surface area contributed by atoms with Crippen molar-refractivity contribution in [3.8, 4) is 0 Å². The summed E-state index contributed by atoms with van der Waals surface area (Å²) in [6.45, 7) is 3.72. The average Bonchev–Trinajstić information content (AvgIpc) is 2.32. The molecule has 0 radical (unpaired) electrons. The van der Waals surface area contributed by atoms with E-state index >= 15 is 0 Å². The second kappa shape index (κ2) is 5.95. The van der Waals surface area contributed by atoms with Gasteiger partial charge in [-0.3, -0.25) is 4.79 Å². The summed E-state index contributed by atoms with van der Waals surface area (Å²) in [6.07, 6.45) is 0. The fourth-order valence-corrected chi connectivity index (χ4v) is 2.84. The van der Waals surface area contributed by atoms with E-state index in [1.54, 1.807) is 18.2 Å². The van der Waals surface area contributed by atoms with Gasteiger partial charge >= 0.3 is 0 Å². The average molecular weight is 327 g/mol. The van der Waals surface area contributed by atoms with Gasteiger partial charge in [0, 0.05) is 5.69 Å². The fraction of sp³-hybridized carbons (Fsp3) is 0.143. The molecule has 0 aliphatic heterocycles. The van der Waals surface area contributed by atoms with Gasteiger partial charge < -0.3 is 10.3 Å². The Balaban J connectivity index is 2.42. The molecule has 1 aromatic carbocycles. The molecule has 0 aliphatic carbocycles. The van der Waals surface area contributed by atoms with Gasteiger partial charge in [-0.05, 0) is 37.6 Å². The van der Waals surface area contributed by atoms with Gasteiger partial charge in [0.25, 0.3) is 5.91 Å². The number of carbonyl (C=O) groups excluding carboxylic acids is 1. The van der Waals surface area contributed by atoms with Gasteiger partial charge in [-0.25, -0.2) is 0 Å². The lowest BCUT2D eigenvalue weighted by molar-refractivity contribution is 0.102. The molecule has 0 saturated heterocycles. The van der Waals surface area contributed by atoms with Crippen LogP contribution in [-0.2, 0) is 0 Å². The first-order chi connectivity index (χ1) is 9.40. The topological polar surface area (TPSA) is 44.9 Å². The first-order valence-electron chi connectivity index (χ1n) is 5.86. The van der Waals surface area contributed by atoms with E-state index < -0.39 is 0 Å². The molecule has 3 nitrogen and oxygen atoms in total. The molecular formula is C14H12Cl2N2OS. The zero-order valence-corrected chi connectivity index (χ0v) is 13.2. The smallest absolute Gasteiger partial charge is 0.259 e. The Kier molecular flexibility index (Phi) is 4.48. The summed E-state index contributed by atoms with van der Waals surface area (Å²) < 4.78 is 0.392. The highest BCUT2D eigenvalue weighted by Crippen LogP contribution is 2.30. The minimum Gasteiger partial charge on any atom is -0.350 e. The molecule has 1 amide bonds. The maximum absolute atomic E-state index is 12.4. The molecule has 2 aromatic rings. The lowest BCUT2D eigenvalue weighted by Gasteiger charge is -2.11. The summed E-state index contributed by atoms with van der Waals surface area (Å²) in [5, 5.41) is 3.47. The van der Waals surface area contributed by atoms with Crippen molar-refractivity contribution in [2.24, 2.45) is 0 Å². The maximum atomic E-state index is 12.4. The van der Waals surface area contributed by atoms with Crippen molar-refractivity contribution in [3.05, 3.63) is 55.8 Å². The first-order valence-corrected chi connectivity index (χ1v) is 7.02. The molecule has 0 spiro atoms. The van der Waals surface area contributed by atoms with Gasteiger partial charge in [0.05, 0.1) is 21.3 Å². The van der Waals surface area contributed by atoms with E-state index in [0.29, 0.717) is 25.9 Å². The number of aromatic amines is 1. The zero-order chi connectivity index (χ0) is 14.9. The number of halogens is 2. The Bertz CT molecular complexity index is 720. The summed E-state index contributed by atoms with van der Waals surface area (Å²) in [6, 6.07) is 6.89. The van der Waals surface area contributed by atoms with Crippen LogP contribution in [0.25, 0.3) is 0 Å². The van der Waals surface area contributed by atoms with E-state index in [-0.39, 0.29) is 5.91 Å². The molecule has 0 aliphatic rings. The number of amides is 1. The van der Waals surface area contributed by atoms with Crippen LogP contribution >= 0.6 is 35.4 Å². The molecule has 0 fully saturated rings. The number of hydrogen-bond acceptors (Lipinski definition) is 2. The highest BCUT2D eigenvalue weighted by molar-refractivity contribution is 7.71. The van der Waals surface area contributed by atoms with Crippen molar-refractivity contribution >= 4 is 47.0 Å². The predicted octanol–water partition coefficient (Wildman–Crippen LogP) is 4.92. The van der Waals surface area contributed by atoms with Crippen LogP contribution in [-0.4, -0.2) is 10.9 Å². The number of carbonyl (C=O) groups is 1. The van der Waals surface area contributed by atoms with Crippen LogP contribution in [0.15, 0.2) is 24.3 Å². The van der Waals surface area contributed by atoms with Crippen molar-refractivity contribution < 1.29 is 4.79 Å². The Hall–Kier alpha value is -1.36. The first kappa shape index (κ1) is 15.0. The summed E-state index contributed by atoms with van der Waals surface area (Å²) in [4.78, 5) is 15.3. The molecule has 0 unspecified atom stereocenters. The summed E-state index contributed by atoms with van der Waals surface area (Å²) in [7, 11) is 0. The zero-order valence-electron chi connectivity index (χ0n) is 10.9. The van der Waals surface area contributed by atoms with Crippen LogP contribution in [0.3, 0.4) is 0 Å². The number of anilines is 1. The SMILES string of the molecule is Cc1cc(C)c(C(=O)Nc2c(Cl)cccc2Cl)c(=S)[nH]1. The normalized spacial score (nSPS) is 10.4. The molecule has 1 heterocycles. The minimum absolute atomic E-state index is 0.334. The fourth-order valence-electron chi connectivity index (χ4n) is 1.93. The van der Waals surface area contributed by atoms with Crippen molar-refractivity contribution in [3.63, 3.8) is 0 Å². The molecule has 20 heavy (non-hydrogen) atoms. The van der Waals surface area contributed by atoms with E-state index in [2.05, 4.69) is 10.3 Å². The van der Waals surface area contributed by atoms with Crippen LogP contribution in [0.1, 0.15) is 21.6 Å². The number of hydrogen-bond donors (Lipinski definition) is 2. The van der Waals surface area contributed by atoms with Crippen LogP contribution < -0.4 is 5.32 Å². The monoisotopic (exact) mass is 326 g/mol. The highest BCUT2D eigenvalue weighted by Gasteiger charge is 2.15. The van der Waals surface area contributed by atoms with E-state index in [9.17, 15) is 4.79 Å². The number of H-pyrrole nitrogens is 1. The number of para-hydroxylation sites is 1. The lowest BCUT2D eigenvalue weighted by Crippen LogP contribution is -2.15. The molecule has 0 bridgehead atoms. The Labute approximate surface area is 131 Å². The number of nitrogens with one attached hydrogen (secondary N) is 2. The molecule has 6 heteroatoms. The predicted molar refractivity (Wildman–Crippen MR) is 85.5 cm³/mol. The Morgan fingerprint density at radius 3 is 2.40 bits per heavy atom. The van der Waals surface area contributed by atoms with Crippen LogP contribution in [0.4, 0.5) is 5.69 Å². The van der Waals surface area contributed by atoms with Gasteiger partial charge in [0.15, 0.2) is 0 Å². The third-order valence-electron chi connectivity index (χ3n) is 2.79. The second-order valence-electron chi connectivity index (χ2n) is 4.39. The third-order valence-corrected chi connectivity index (χ3v) is 3.73. The summed E-state index contributed by atoms with van der Waals surface area (Å²) in [5.74, 6) is -0.334. The largest absolute Gasteiger partial charge is 0.350 e. The quantitative estimate of drug-likeness (QED) is 0.769. The maximum Gasteiger partial charge on any atom is 0.259 e. The van der Waals surface area contributed by atoms with Crippen molar-refractivity contribution in [1.82, 2.24) is 4.98 Å². The van der Waals surface area contributed by atoms with Crippen LogP contribution in [0, 0.1) is 18.5 Å². The highest BCUT2D eigenvalue weighted by atomic mass is 35.5. The number of pyridine rings is 1. The molecule has 0 atom stereocenters. The van der Waals surface area contributed by atoms with Crippen molar-refractivity contribution in [1.29, 1.82) is 0 Å². The van der Waals surface area contributed by atoms with Crippen LogP contribution in [0.5, 0.6) is 0 Å². The minimum atomic E-state index is -0.334. The van der Waals surface area contributed by atoms with Gasteiger partial charge in [-0.15, -0.1) is 0 Å². The second-order valence-corrected chi connectivity index (χ2v) is 5.61. The summed E-state index contributed by atoms with van der Waals surface area (Å²) in [5.41, 5.74) is 2.50. The van der Waals surface area contributed by atoms with E-state index in [4.69, 9.17) is 35.4 Å². The summed E-state index contributed by atoms with van der Waals surface area (Å²) >= 11 is 17.3. The molecular weight excluding hydrogens is 315 g/mol. The van der Waals surface area contributed by atoms with Gasteiger partial charge in [-0.2, -0.15) is 0 Å². The van der Waals surface area contributed by atoms with Gasteiger partial charge in [0.1, 0.15) is 4.64 Å². The van der Waals surface area contributed by atoms with Gasteiger partial charge in [0.2, 0.25) is 0 Å². The van der Waals surface area contributed by atoms with E-state index in [1.807, 2.05) is 19.9 Å². The van der Waals surface area contributed by atoms with Crippen LogP contribution in [0.2, 0.25) is 10.0 Å². The number of aromatic nitrogens is 1. The number of rotatable bonds is 2. The van der Waals surface area contributed by atoms with Crippen molar-refractivity contribution in [2.75, 3.05) is 5.32 Å².